The fraction of sp³-hybridized carbons (Fsp3) is 0.455. The minimum Gasteiger partial charge on any atom is -0.304 e. The summed E-state index contributed by atoms with van der Waals surface area (Å²) in [6.45, 7) is 2.63. The van der Waals surface area contributed by atoms with Crippen molar-refractivity contribution in [3.8, 4) is 12.3 Å². The van der Waals surface area contributed by atoms with Crippen molar-refractivity contribution in [2.24, 2.45) is 0 Å². The topological polar surface area (TPSA) is 40.6 Å². The number of thiophene rings is 1. The highest BCUT2D eigenvalue weighted by atomic mass is 32.2. The Hall–Kier alpha value is -0.870. The molecule has 0 spiro atoms. The predicted octanol–water partition coefficient (Wildman–Crippen LogP) is 0.666. The number of piperazine rings is 1. The van der Waals surface area contributed by atoms with E-state index < -0.39 is 10.0 Å². The van der Waals surface area contributed by atoms with Crippen LogP contribution in [0, 0.1) is 12.3 Å². The first-order chi connectivity index (χ1) is 8.04. The summed E-state index contributed by atoms with van der Waals surface area (Å²) in [5, 5.41) is 0. The maximum absolute atomic E-state index is 12.3. The predicted molar refractivity (Wildman–Crippen MR) is 68.5 cm³/mol. The average molecular weight is 270 g/mol. The van der Waals surface area contributed by atoms with Crippen molar-refractivity contribution >= 4 is 21.4 Å². The summed E-state index contributed by atoms with van der Waals surface area (Å²) in [6, 6.07) is 3.27. The fourth-order valence-electron chi connectivity index (χ4n) is 1.69. The van der Waals surface area contributed by atoms with Crippen LogP contribution in [0.2, 0.25) is 0 Å². The minimum atomic E-state index is -3.35. The van der Waals surface area contributed by atoms with Gasteiger partial charge in [0.1, 0.15) is 4.21 Å². The van der Waals surface area contributed by atoms with Gasteiger partial charge in [0.25, 0.3) is 10.0 Å². The van der Waals surface area contributed by atoms with Crippen molar-refractivity contribution < 1.29 is 8.42 Å². The summed E-state index contributed by atoms with van der Waals surface area (Å²) >= 11 is 1.15. The fourth-order valence-corrected chi connectivity index (χ4v) is 4.39. The molecular formula is C11H14N2O2S2. The molecule has 0 aromatic carbocycles. The normalized spacial score (nSPS) is 19.1. The number of hydrogen-bond acceptors (Lipinski definition) is 4. The van der Waals surface area contributed by atoms with E-state index in [4.69, 9.17) is 6.42 Å². The zero-order chi connectivity index (χ0) is 12.5. The van der Waals surface area contributed by atoms with Gasteiger partial charge in [-0.15, -0.1) is 17.8 Å². The van der Waals surface area contributed by atoms with Gasteiger partial charge in [0, 0.05) is 26.2 Å². The van der Waals surface area contributed by atoms with E-state index in [2.05, 4.69) is 10.8 Å². The quantitative estimate of drug-likeness (QED) is 0.742. The Bertz CT molecular complexity index is 534. The van der Waals surface area contributed by atoms with Gasteiger partial charge in [0.15, 0.2) is 0 Å². The summed E-state index contributed by atoms with van der Waals surface area (Å²) in [6.07, 6.45) is 5.25. The molecule has 0 N–H and O–H groups in total. The highest BCUT2D eigenvalue weighted by Gasteiger charge is 2.28. The van der Waals surface area contributed by atoms with Gasteiger partial charge in [0.05, 0.1) is 4.88 Å². The van der Waals surface area contributed by atoms with Crippen LogP contribution < -0.4 is 0 Å². The van der Waals surface area contributed by atoms with Crippen LogP contribution in [0.25, 0.3) is 0 Å². The van der Waals surface area contributed by atoms with Crippen LogP contribution in [0.3, 0.4) is 0 Å². The van der Waals surface area contributed by atoms with E-state index in [1.165, 1.54) is 4.31 Å². The van der Waals surface area contributed by atoms with Crippen LogP contribution in [0.15, 0.2) is 16.3 Å². The smallest absolute Gasteiger partial charge is 0.252 e. The van der Waals surface area contributed by atoms with Gasteiger partial charge < -0.3 is 4.90 Å². The Kier molecular flexibility index (Phi) is 3.54. The van der Waals surface area contributed by atoms with Crippen molar-refractivity contribution in [1.82, 2.24) is 9.21 Å². The van der Waals surface area contributed by atoms with Gasteiger partial charge in [-0.3, -0.25) is 0 Å². The first-order valence-corrected chi connectivity index (χ1v) is 7.55. The van der Waals surface area contributed by atoms with Gasteiger partial charge in [-0.2, -0.15) is 4.31 Å². The van der Waals surface area contributed by atoms with Crippen molar-refractivity contribution in [3.63, 3.8) is 0 Å². The molecule has 0 radical (unpaired) electrons. The second-order valence-electron chi connectivity index (χ2n) is 3.97. The lowest BCUT2D eigenvalue weighted by Crippen LogP contribution is -2.46. The summed E-state index contributed by atoms with van der Waals surface area (Å²) in [5.41, 5.74) is 0. The van der Waals surface area contributed by atoms with E-state index in [1.54, 1.807) is 12.1 Å². The van der Waals surface area contributed by atoms with Gasteiger partial charge in [-0.05, 0) is 19.2 Å². The van der Waals surface area contributed by atoms with Crippen LogP contribution >= 0.6 is 11.3 Å². The number of hydrogen-bond donors (Lipinski definition) is 0. The summed E-state index contributed by atoms with van der Waals surface area (Å²) in [4.78, 5) is 2.77. The van der Waals surface area contributed by atoms with Crippen LogP contribution in [0.5, 0.6) is 0 Å². The molecule has 0 bridgehead atoms. The number of rotatable bonds is 2. The van der Waals surface area contributed by atoms with E-state index in [0.29, 0.717) is 22.2 Å². The molecule has 0 saturated carbocycles. The third kappa shape index (κ3) is 2.53. The Balaban J connectivity index is 2.22. The number of likely N-dealkylation sites (N-methyl/N-ethyl adjacent to an activating group) is 1. The standard InChI is InChI=1S/C11H14N2O2S2/c1-3-10-4-5-11(16-10)17(14,15)13-8-6-12(2)7-9-13/h1,4-5H,6-9H2,2H3. The monoisotopic (exact) mass is 270 g/mol. The molecule has 4 nitrogen and oxygen atoms in total. The molecule has 2 heterocycles. The van der Waals surface area contributed by atoms with E-state index in [0.717, 1.165) is 24.4 Å². The summed E-state index contributed by atoms with van der Waals surface area (Å²) < 4.78 is 26.4. The summed E-state index contributed by atoms with van der Waals surface area (Å²) in [5.74, 6) is 2.46. The molecule has 0 aliphatic carbocycles. The molecule has 1 aromatic rings. The lowest BCUT2D eigenvalue weighted by molar-refractivity contribution is 0.222. The minimum absolute atomic E-state index is 0.343. The Morgan fingerprint density at radius 3 is 2.47 bits per heavy atom. The van der Waals surface area contributed by atoms with E-state index >= 15 is 0 Å². The number of nitrogens with zero attached hydrogens (tertiary/aromatic N) is 2. The van der Waals surface area contributed by atoms with Crippen molar-refractivity contribution in [3.05, 3.63) is 17.0 Å². The van der Waals surface area contributed by atoms with E-state index in [9.17, 15) is 8.42 Å². The van der Waals surface area contributed by atoms with Crippen molar-refractivity contribution in [2.75, 3.05) is 33.2 Å². The highest BCUT2D eigenvalue weighted by molar-refractivity contribution is 7.91. The lowest BCUT2D eigenvalue weighted by atomic mass is 10.4. The van der Waals surface area contributed by atoms with Gasteiger partial charge in [0.2, 0.25) is 0 Å². The van der Waals surface area contributed by atoms with Crippen LogP contribution in [-0.4, -0.2) is 50.8 Å². The molecule has 1 fully saturated rings. The molecule has 1 aliphatic rings. The SMILES string of the molecule is C#Cc1ccc(S(=O)(=O)N2CCN(C)CC2)s1. The number of sulfonamides is 1. The maximum Gasteiger partial charge on any atom is 0.252 e. The third-order valence-corrected chi connectivity index (χ3v) is 6.16. The molecule has 0 amide bonds. The molecule has 1 aliphatic heterocycles. The van der Waals surface area contributed by atoms with Gasteiger partial charge >= 0.3 is 0 Å². The van der Waals surface area contributed by atoms with Crippen molar-refractivity contribution in [1.29, 1.82) is 0 Å². The maximum atomic E-state index is 12.3. The second-order valence-corrected chi connectivity index (χ2v) is 7.22. The molecule has 0 unspecified atom stereocenters. The highest BCUT2D eigenvalue weighted by Crippen LogP contribution is 2.24. The Morgan fingerprint density at radius 2 is 1.94 bits per heavy atom. The second kappa shape index (κ2) is 4.78. The zero-order valence-corrected chi connectivity index (χ0v) is 11.2. The summed E-state index contributed by atoms with van der Waals surface area (Å²) in [7, 11) is -1.35. The van der Waals surface area contributed by atoms with E-state index in [-0.39, 0.29) is 0 Å². The Labute approximate surface area is 106 Å². The van der Waals surface area contributed by atoms with Crippen molar-refractivity contribution in [2.45, 2.75) is 4.21 Å². The number of terminal acetylenes is 1. The van der Waals surface area contributed by atoms with Crippen LogP contribution in [0.1, 0.15) is 4.88 Å². The van der Waals surface area contributed by atoms with Crippen LogP contribution in [0.4, 0.5) is 0 Å². The lowest BCUT2D eigenvalue weighted by Gasteiger charge is -2.31. The molecule has 2 rings (SSSR count). The molecular weight excluding hydrogens is 256 g/mol. The van der Waals surface area contributed by atoms with Crippen LogP contribution in [-0.2, 0) is 10.0 Å². The van der Waals surface area contributed by atoms with E-state index in [1.807, 2.05) is 7.05 Å². The molecule has 6 heteroatoms. The third-order valence-electron chi connectivity index (χ3n) is 2.78. The average Bonchev–Trinajstić information content (AvgIpc) is 2.78. The molecule has 0 atom stereocenters. The van der Waals surface area contributed by atoms with Gasteiger partial charge in [-0.25, -0.2) is 8.42 Å². The van der Waals surface area contributed by atoms with Gasteiger partial charge in [-0.1, -0.05) is 5.92 Å². The first-order valence-electron chi connectivity index (χ1n) is 5.29. The molecule has 17 heavy (non-hydrogen) atoms. The molecule has 1 saturated heterocycles. The zero-order valence-electron chi connectivity index (χ0n) is 9.59. The molecule has 92 valence electrons. The molecule has 1 aromatic heterocycles. The Morgan fingerprint density at radius 1 is 1.29 bits per heavy atom. The first kappa shape index (κ1) is 12.6. The largest absolute Gasteiger partial charge is 0.304 e.